The number of carbonyl (C=O) groups is 1. The molecule has 1 fully saturated rings. The van der Waals surface area contributed by atoms with Crippen LogP contribution in [0.2, 0.25) is 0 Å². The van der Waals surface area contributed by atoms with Crippen molar-refractivity contribution < 1.29 is 4.79 Å². The lowest BCUT2D eigenvalue weighted by molar-refractivity contribution is -0.141. The maximum atomic E-state index is 12.4. The highest BCUT2D eigenvalue weighted by molar-refractivity contribution is 5.83. The van der Waals surface area contributed by atoms with E-state index in [1.165, 1.54) is 0 Å². The van der Waals surface area contributed by atoms with Crippen molar-refractivity contribution in [2.45, 2.75) is 39.0 Å². The minimum atomic E-state index is -0.328. The van der Waals surface area contributed by atoms with Crippen molar-refractivity contribution in [3.8, 4) is 6.07 Å². The van der Waals surface area contributed by atoms with Crippen molar-refractivity contribution in [3.63, 3.8) is 0 Å². The molecule has 0 atom stereocenters. The summed E-state index contributed by atoms with van der Waals surface area (Å²) in [4.78, 5) is 14.2. The van der Waals surface area contributed by atoms with Gasteiger partial charge in [0.25, 0.3) is 0 Å². The van der Waals surface area contributed by atoms with Gasteiger partial charge in [-0.15, -0.1) is 0 Å². The molecule has 1 aliphatic rings. The van der Waals surface area contributed by atoms with Crippen LogP contribution in [0.15, 0.2) is 0 Å². The smallest absolute Gasteiger partial charge is 0.230 e. The Morgan fingerprint density at radius 3 is 2.56 bits per heavy atom. The van der Waals surface area contributed by atoms with Crippen LogP contribution in [0.25, 0.3) is 0 Å². The van der Waals surface area contributed by atoms with Crippen LogP contribution in [0.5, 0.6) is 0 Å². The number of nitrogens with two attached hydrogens (primary N) is 1. The van der Waals surface area contributed by atoms with Crippen molar-refractivity contribution in [1.29, 1.82) is 5.26 Å². The van der Waals surface area contributed by atoms with Crippen LogP contribution in [0.4, 0.5) is 0 Å². The molecule has 0 spiro atoms. The summed E-state index contributed by atoms with van der Waals surface area (Å²) in [6.07, 6.45) is 4.41. The van der Waals surface area contributed by atoms with Gasteiger partial charge in [-0.05, 0) is 19.8 Å². The van der Waals surface area contributed by atoms with Gasteiger partial charge in [-0.1, -0.05) is 12.8 Å². The fourth-order valence-corrected chi connectivity index (χ4v) is 2.48. The molecular formula is C12H21N3O. The lowest BCUT2D eigenvalue weighted by Crippen LogP contribution is -2.46. The first-order chi connectivity index (χ1) is 7.70. The van der Waals surface area contributed by atoms with E-state index in [4.69, 9.17) is 11.0 Å². The second kappa shape index (κ2) is 5.86. The third-order valence-electron chi connectivity index (χ3n) is 3.57. The largest absolute Gasteiger partial charge is 0.341 e. The lowest BCUT2D eigenvalue weighted by Gasteiger charge is -2.32. The van der Waals surface area contributed by atoms with Gasteiger partial charge < -0.3 is 10.6 Å². The summed E-state index contributed by atoms with van der Waals surface area (Å²) >= 11 is 0. The zero-order chi connectivity index (χ0) is 12.0. The normalized spacial score (nSPS) is 18.1. The highest BCUT2D eigenvalue weighted by Gasteiger charge is 2.41. The van der Waals surface area contributed by atoms with Gasteiger partial charge in [-0.25, -0.2) is 0 Å². The third kappa shape index (κ3) is 2.53. The van der Waals surface area contributed by atoms with E-state index in [1.54, 1.807) is 4.90 Å². The average molecular weight is 223 g/mol. The van der Waals surface area contributed by atoms with E-state index in [1.807, 2.05) is 6.92 Å². The molecule has 16 heavy (non-hydrogen) atoms. The Bertz CT molecular complexity index is 276. The van der Waals surface area contributed by atoms with Gasteiger partial charge in [0.15, 0.2) is 0 Å². The number of hydrogen-bond acceptors (Lipinski definition) is 3. The lowest BCUT2D eigenvalue weighted by atomic mass is 9.84. The molecule has 4 nitrogen and oxygen atoms in total. The monoisotopic (exact) mass is 223 g/mol. The van der Waals surface area contributed by atoms with Gasteiger partial charge in [0.05, 0.1) is 17.9 Å². The van der Waals surface area contributed by atoms with Gasteiger partial charge in [-0.3, -0.25) is 4.79 Å². The van der Waals surface area contributed by atoms with Gasteiger partial charge in [0, 0.05) is 19.6 Å². The Balaban J connectivity index is 2.69. The molecule has 0 heterocycles. The molecule has 0 aromatic carbocycles. The van der Waals surface area contributed by atoms with E-state index in [0.29, 0.717) is 26.1 Å². The average Bonchev–Trinajstić information content (AvgIpc) is 2.79. The number of amides is 1. The van der Waals surface area contributed by atoms with Gasteiger partial charge in [0.1, 0.15) is 0 Å². The molecule has 1 aliphatic carbocycles. The van der Waals surface area contributed by atoms with Crippen molar-refractivity contribution in [3.05, 3.63) is 0 Å². The molecule has 0 aromatic heterocycles. The van der Waals surface area contributed by atoms with Crippen molar-refractivity contribution in [2.75, 3.05) is 19.6 Å². The van der Waals surface area contributed by atoms with Crippen LogP contribution >= 0.6 is 0 Å². The molecule has 0 unspecified atom stereocenters. The van der Waals surface area contributed by atoms with E-state index in [9.17, 15) is 4.79 Å². The summed E-state index contributed by atoms with van der Waals surface area (Å²) < 4.78 is 0. The van der Waals surface area contributed by atoms with Crippen LogP contribution < -0.4 is 5.73 Å². The second-order valence-corrected chi connectivity index (χ2v) is 4.48. The molecule has 1 rings (SSSR count). The Labute approximate surface area is 97.4 Å². The summed E-state index contributed by atoms with van der Waals surface area (Å²) in [6, 6.07) is 2.08. The standard InChI is InChI=1S/C12H21N3O/c1-2-15(9-5-8-13)11(16)12(10-14)6-3-4-7-12/h2-7,9-10,14H2,1H3. The molecule has 1 amide bonds. The van der Waals surface area contributed by atoms with Gasteiger partial charge in [-0.2, -0.15) is 5.26 Å². The predicted molar refractivity (Wildman–Crippen MR) is 62.4 cm³/mol. The number of carbonyl (C=O) groups excluding carboxylic acids is 1. The third-order valence-corrected chi connectivity index (χ3v) is 3.57. The predicted octanol–water partition coefficient (Wildman–Crippen LogP) is 1.27. The first-order valence-electron chi connectivity index (χ1n) is 6.06. The highest BCUT2D eigenvalue weighted by atomic mass is 16.2. The Morgan fingerprint density at radius 1 is 1.50 bits per heavy atom. The summed E-state index contributed by atoms with van der Waals surface area (Å²) in [5.41, 5.74) is 5.45. The zero-order valence-electron chi connectivity index (χ0n) is 10.0. The van der Waals surface area contributed by atoms with Crippen molar-refractivity contribution in [2.24, 2.45) is 11.1 Å². The molecule has 0 bridgehead atoms. The van der Waals surface area contributed by atoms with Crippen LogP contribution in [0, 0.1) is 16.7 Å². The van der Waals surface area contributed by atoms with E-state index in [-0.39, 0.29) is 11.3 Å². The molecule has 0 radical (unpaired) electrons. The summed E-state index contributed by atoms with van der Waals surface area (Å²) in [5, 5.41) is 8.57. The van der Waals surface area contributed by atoms with E-state index >= 15 is 0 Å². The SMILES string of the molecule is CCN(CCC#N)C(=O)C1(CN)CCCC1. The topological polar surface area (TPSA) is 70.1 Å². The number of nitrogens with zero attached hydrogens (tertiary/aromatic N) is 2. The minimum Gasteiger partial charge on any atom is -0.341 e. The molecule has 2 N–H and O–H groups in total. The zero-order valence-corrected chi connectivity index (χ0v) is 10.0. The van der Waals surface area contributed by atoms with Crippen LogP contribution in [-0.4, -0.2) is 30.4 Å². The van der Waals surface area contributed by atoms with Crippen molar-refractivity contribution in [1.82, 2.24) is 4.90 Å². The van der Waals surface area contributed by atoms with Gasteiger partial charge in [0.2, 0.25) is 5.91 Å². The number of hydrogen-bond donors (Lipinski definition) is 1. The van der Waals surface area contributed by atoms with Crippen LogP contribution in [-0.2, 0) is 4.79 Å². The van der Waals surface area contributed by atoms with Crippen LogP contribution in [0.3, 0.4) is 0 Å². The second-order valence-electron chi connectivity index (χ2n) is 4.48. The van der Waals surface area contributed by atoms with Crippen LogP contribution in [0.1, 0.15) is 39.0 Å². The maximum absolute atomic E-state index is 12.4. The van der Waals surface area contributed by atoms with E-state index in [0.717, 1.165) is 25.7 Å². The molecule has 0 saturated heterocycles. The molecule has 4 heteroatoms. The number of nitriles is 1. The fraction of sp³-hybridized carbons (Fsp3) is 0.833. The Hall–Kier alpha value is -1.08. The summed E-state index contributed by atoms with van der Waals surface area (Å²) in [5.74, 6) is 0.158. The molecule has 90 valence electrons. The first-order valence-corrected chi connectivity index (χ1v) is 6.06. The van der Waals surface area contributed by atoms with E-state index in [2.05, 4.69) is 6.07 Å². The fourth-order valence-electron chi connectivity index (χ4n) is 2.48. The maximum Gasteiger partial charge on any atom is 0.230 e. The number of rotatable bonds is 5. The summed E-state index contributed by atoms with van der Waals surface area (Å²) in [6.45, 7) is 3.60. The Morgan fingerprint density at radius 2 is 2.12 bits per heavy atom. The molecule has 0 aromatic rings. The molecule has 0 aliphatic heterocycles. The highest BCUT2D eigenvalue weighted by Crippen LogP contribution is 2.38. The van der Waals surface area contributed by atoms with Crippen molar-refractivity contribution >= 4 is 5.91 Å². The quantitative estimate of drug-likeness (QED) is 0.763. The molecular weight excluding hydrogens is 202 g/mol. The summed E-state index contributed by atoms with van der Waals surface area (Å²) in [7, 11) is 0. The minimum absolute atomic E-state index is 0.158. The van der Waals surface area contributed by atoms with E-state index < -0.39 is 0 Å². The molecule has 1 saturated carbocycles. The van der Waals surface area contributed by atoms with Gasteiger partial charge >= 0.3 is 0 Å². The first kappa shape index (κ1) is 13.0. The Kier molecular flexibility index (Phi) is 4.75.